The Kier molecular flexibility index (Phi) is 5.47. The molecule has 0 N–H and O–H groups in total. The van der Waals surface area contributed by atoms with Crippen molar-refractivity contribution in [2.45, 2.75) is 0 Å². The Hall–Kier alpha value is -7.04. The van der Waals surface area contributed by atoms with Gasteiger partial charge in [0.1, 0.15) is 44.7 Å². The summed E-state index contributed by atoms with van der Waals surface area (Å²) < 4.78 is 25.3. The Bertz CT molecular complexity index is 3410. The standard InChI is InChI=1S/C48H26O4/c1-2-7-27(8-3-1)30-13-17-41-36(22-30)38-25-39-37-24-32(14-18-42(37)51-46(39)26-45(38)50-41)29-10-6-9-28(21-29)31-15-19-43-35(23-31)33-16-20-44-47(48(33)52-43)34-11-4-5-12-40(34)49-44/h1-26H. The second-order valence-electron chi connectivity index (χ2n) is 13.6. The number of furan rings is 4. The van der Waals surface area contributed by atoms with Crippen LogP contribution < -0.4 is 0 Å². The molecule has 4 heterocycles. The fraction of sp³-hybridized carbons (Fsp3) is 0. The van der Waals surface area contributed by atoms with Gasteiger partial charge in [0.25, 0.3) is 0 Å². The molecule has 0 fully saturated rings. The van der Waals surface area contributed by atoms with E-state index in [-0.39, 0.29) is 0 Å². The van der Waals surface area contributed by atoms with Crippen molar-refractivity contribution < 1.29 is 17.7 Å². The van der Waals surface area contributed by atoms with Crippen LogP contribution in [0, 0.1) is 0 Å². The van der Waals surface area contributed by atoms with Crippen LogP contribution in [0.3, 0.4) is 0 Å². The average molecular weight is 667 g/mol. The zero-order chi connectivity index (χ0) is 33.9. The van der Waals surface area contributed by atoms with Gasteiger partial charge in [0.15, 0.2) is 0 Å². The van der Waals surface area contributed by atoms with Crippen molar-refractivity contribution in [3.8, 4) is 33.4 Å². The normalized spacial score (nSPS) is 12.2. The summed E-state index contributed by atoms with van der Waals surface area (Å²) in [6, 6.07) is 55.1. The zero-order valence-electron chi connectivity index (χ0n) is 27.6. The van der Waals surface area contributed by atoms with Crippen molar-refractivity contribution in [2.24, 2.45) is 0 Å². The third kappa shape index (κ3) is 3.97. The van der Waals surface area contributed by atoms with E-state index in [1.165, 1.54) is 11.1 Å². The summed E-state index contributed by atoms with van der Waals surface area (Å²) >= 11 is 0. The highest BCUT2D eigenvalue weighted by atomic mass is 16.4. The molecule has 0 saturated carbocycles. The van der Waals surface area contributed by atoms with E-state index in [1.54, 1.807) is 0 Å². The van der Waals surface area contributed by atoms with Crippen molar-refractivity contribution in [3.63, 3.8) is 0 Å². The molecule has 0 unspecified atom stereocenters. The van der Waals surface area contributed by atoms with E-state index in [0.29, 0.717) is 0 Å². The van der Waals surface area contributed by atoms with Crippen LogP contribution >= 0.6 is 0 Å². The second kappa shape index (κ2) is 10.3. The van der Waals surface area contributed by atoms with E-state index in [2.05, 4.69) is 127 Å². The number of para-hydroxylation sites is 1. The Labute approximate surface area is 295 Å². The van der Waals surface area contributed by atoms with Gasteiger partial charge in [-0.25, -0.2) is 0 Å². The van der Waals surface area contributed by atoms with Gasteiger partial charge < -0.3 is 17.7 Å². The molecule has 0 saturated heterocycles. The van der Waals surface area contributed by atoms with Gasteiger partial charge in [-0.15, -0.1) is 0 Å². The van der Waals surface area contributed by atoms with E-state index in [9.17, 15) is 0 Å². The van der Waals surface area contributed by atoms with E-state index < -0.39 is 0 Å². The summed E-state index contributed by atoms with van der Waals surface area (Å²) in [4.78, 5) is 0. The smallest absolute Gasteiger partial charge is 0.147 e. The van der Waals surface area contributed by atoms with Crippen LogP contribution in [0.1, 0.15) is 0 Å². The van der Waals surface area contributed by atoms with Crippen LogP contribution in [-0.2, 0) is 0 Å². The highest BCUT2D eigenvalue weighted by Gasteiger charge is 2.18. The maximum absolute atomic E-state index is 6.48. The van der Waals surface area contributed by atoms with Crippen molar-refractivity contribution in [1.29, 1.82) is 0 Å². The SMILES string of the molecule is c1ccc(-c2ccc3oc4cc5oc6ccc(-c7cccc(-c8ccc9oc%10c(ccc%11oc%12ccccc%12c%11%10)c9c8)c7)cc6c5cc4c3c2)cc1. The largest absolute Gasteiger partial charge is 0.456 e. The van der Waals surface area contributed by atoms with Gasteiger partial charge in [0.2, 0.25) is 0 Å². The average Bonchev–Trinajstić information content (AvgIpc) is 3.96. The first-order valence-corrected chi connectivity index (χ1v) is 17.5. The van der Waals surface area contributed by atoms with Crippen LogP contribution in [-0.4, -0.2) is 0 Å². The maximum atomic E-state index is 6.48. The summed E-state index contributed by atoms with van der Waals surface area (Å²) in [5, 5.41) is 8.60. The van der Waals surface area contributed by atoms with Gasteiger partial charge in [-0.2, -0.15) is 0 Å². The van der Waals surface area contributed by atoms with Gasteiger partial charge in [0.05, 0.1) is 5.39 Å². The van der Waals surface area contributed by atoms with Crippen molar-refractivity contribution in [1.82, 2.24) is 0 Å². The molecule has 0 amide bonds. The summed E-state index contributed by atoms with van der Waals surface area (Å²) in [7, 11) is 0. The summed E-state index contributed by atoms with van der Waals surface area (Å²) in [6.45, 7) is 0. The van der Waals surface area contributed by atoms with Crippen molar-refractivity contribution in [2.75, 3.05) is 0 Å². The van der Waals surface area contributed by atoms with Gasteiger partial charge in [-0.05, 0) is 100 Å². The predicted octanol–water partition coefficient (Wildman–Crippen LogP) is 14.3. The molecule has 0 bridgehead atoms. The third-order valence-corrected chi connectivity index (χ3v) is 10.7. The van der Waals surface area contributed by atoms with Crippen molar-refractivity contribution in [3.05, 3.63) is 158 Å². The molecule has 4 heteroatoms. The molecule has 8 aromatic carbocycles. The Morgan fingerprint density at radius 3 is 1.40 bits per heavy atom. The highest BCUT2D eigenvalue weighted by Crippen LogP contribution is 2.42. The monoisotopic (exact) mass is 666 g/mol. The minimum absolute atomic E-state index is 0.817. The molecule has 4 nitrogen and oxygen atoms in total. The quantitative estimate of drug-likeness (QED) is 0.188. The number of benzene rings is 8. The Morgan fingerprint density at radius 1 is 0.231 bits per heavy atom. The van der Waals surface area contributed by atoms with Crippen LogP contribution in [0.25, 0.3) is 121 Å². The molecule has 4 aromatic heterocycles. The molecular formula is C48H26O4. The van der Waals surface area contributed by atoms with Gasteiger partial charge in [0, 0.05) is 43.8 Å². The molecule has 0 atom stereocenters. The molecule has 52 heavy (non-hydrogen) atoms. The molecular weight excluding hydrogens is 641 g/mol. The first kappa shape index (κ1) is 27.7. The number of hydrogen-bond donors (Lipinski definition) is 0. The summed E-state index contributed by atoms with van der Waals surface area (Å²) in [5.74, 6) is 0. The van der Waals surface area contributed by atoms with Gasteiger partial charge >= 0.3 is 0 Å². The molecule has 0 aliphatic rings. The molecule has 0 aliphatic heterocycles. The minimum Gasteiger partial charge on any atom is -0.456 e. The first-order valence-electron chi connectivity index (χ1n) is 17.5. The molecule has 0 aliphatic carbocycles. The third-order valence-electron chi connectivity index (χ3n) is 10.7. The maximum Gasteiger partial charge on any atom is 0.147 e. The Morgan fingerprint density at radius 2 is 0.712 bits per heavy atom. The Balaban J connectivity index is 0.966. The number of fused-ring (bicyclic) bond motifs is 13. The number of hydrogen-bond acceptors (Lipinski definition) is 4. The molecule has 0 radical (unpaired) electrons. The molecule has 242 valence electrons. The van der Waals surface area contributed by atoms with Crippen LogP contribution in [0.5, 0.6) is 0 Å². The van der Waals surface area contributed by atoms with Crippen molar-refractivity contribution >= 4 is 87.8 Å². The lowest BCUT2D eigenvalue weighted by Gasteiger charge is -2.07. The first-order chi connectivity index (χ1) is 25.7. The molecule has 12 rings (SSSR count). The highest BCUT2D eigenvalue weighted by molar-refractivity contribution is 6.22. The van der Waals surface area contributed by atoms with E-state index in [4.69, 9.17) is 17.7 Å². The van der Waals surface area contributed by atoms with Crippen LogP contribution in [0.4, 0.5) is 0 Å². The van der Waals surface area contributed by atoms with Crippen LogP contribution in [0.15, 0.2) is 175 Å². The molecule has 12 aromatic rings. The number of rotatable bonds is 3. The van der Waals surface area contributed by atoms with Gasteiger partial charge in [-0.1, -0.05) is 84.9 Å². The zero-order valence-corrected chi connectivity index (χ0v) is 27.6. The minimum atomic E-state index is 0.817. The topological polar surface area (TPSA) is 52.6 Å². The lowest BCUT2D eigenvalue weighted by atomic mass is 9.97. The summed E-state index contributed by atoms with van der Waals surface area (Å²) in [5.41, 5.74) is 13.7. The fourth-order valence-corrected chi connectivity index (χ4v) is 8.14. The second-order valence-corrected chi connectivity index (χ2v) is 13.6. The van der Waals surface area contributed by atoms with E-state index >= 15 is 0 Å². The lowest BCUT2D eigenvalue weighted by Crippen LogP contribution is -1.82. The van der Waals surface area contributed by atoms with E-state index in [0.717, 1.165) is 110 Å². The molecule has 0 spiro atoms. The van der Waals surface area contributed by atoms with Crippen LogP contribution in [0.2, 0.25) is 0 Å². The summed E-state index contributed by atoms with van der Waals surface area (Å²) in [6.07, 6.45) is 0. The van der Waals surface area contributed by atoms with Gasteiger partial charge in [-0.3, -0.25) is 0 Å². The fourth-order valence-electron chi connectivity index (χ4n) is 8.14. The van der Waals surface area contributed by atoms with E-state index in [1.807, 2.05) is 30.3 Å². The lowest BCUT2D eigenvalue weighted by molar-refractivity contribution is 0.656. The predicted molar refractivity (Wildman–Crippen MR) is 212 cm³/mol.